The molecule has 0 aliphatic carbocycles. The van der Waals surface area contributed by atoms with E-state index >= 15 is 0 Å². The molecular formula is C15H20ClNO3. The van der Waals surface area contributed by atoms with Crippen LogP contribution in [0.2, 0.25) is 5.02 Å². The molecule has 0 radical (unpaired) electrons. The topological polar surface area (TPSA) is 58.6 Å². The minimum atomic E-state index is -0.491. The Labute approximate surface area is 124 Å². The fourth-order valence-electron chi connectivity index (χ4n) is 1.44. The van der Waals surface area contributed by atoms with Gasteiger partial charge in [0.05, 0.1) is 0 Å². The number of carbonyl (C=O) groups is 1. The van der Waals surface area contributed by atoms with Gasteiger partial charge in [-0.15, -0.1) is 0 Å². The number of carbonyl (C=O) groups excluding carboxylic acids is 1. The molecule has 20 heavy (non-hydrogen) atoms. The molecule has 4 nitrogen and oxygen atoms in total. The Bertz CT molecular complexity index is 492. The lowest BCUT2D eigenvalue weighted by Crippen LogP contribution is -2.32. The van der Waals surface area contributed by atoms with Crippen molar-refractivity contribution in [3.63, 3.8) is 0 Å². The molecular weight excluding hydrogens is 278 g/mol. The van der Waals surface area contributed by atoms with Crippen molar-refractivity contribution in [3.8, 4) is 5.75 Å². The van der Waals surface area contributed by atoms with Crippen molar-refractivity contribution in [3.05, 3.63) is 34.9 Å². The van der Waals surface area contributed by atoms with Crippen LogP contribution < -0.4 is 5.32 Å². The first kappa shape index (κ1) is 16.4. The van der Waals surface area contributed by atoms with Crippen LogP contribution in [0.5, 0.6) is 5.75 Å². The fourth-order valence-corrected chi connectivity index (χ4v) is 1.61. The molecule has 0 bridgehead atoms. The molecule has 0 unspecified atom stereocenters. The maximum Gasteiger partial charge on any atom is 0.407 e. The van der Waals surface area contributed by atoms with Gasteiger partial charge in [-0.3, -0.25) is 0 Å². The van der Waals surface area contributed by atoms with Crippen LogP contribution in [-0.4, -0.2) is 23.3 Å². The van der Waals surface area contributed by atoms with Crippen molar-refractivity contribution in [2.75, 3.05) is 6.54 Å². The number of rotatable bonds is 4. The summed E-state index contributed by atoms with van der Waals surface area (Å²) in [6.07, 6.45) is 3.85. The number of alkyl carbamates (subject to hydrolysis) is 1. The van der Waals surface area contributed by atoms with Crippen LogP contribution in [0.25, 0.3) is 6.08 Å². The monoisotopic (exact) mass is 297 g/mol. The number of ether oxygens (including phenoxy) is 1. The van der Waals surface area contributed by atoms with Crippen molar-refractivity contribution in [2.45, 2.75) is 32.8 Å². The molecule has 1 aromatic rings. The SMILES string of the molecule is CC(C)(C)OC(=O)NCCC=Cc1ccc(Cl)cc1O. The van der Waals surface area contributed by atoms with Crippen molar-refractivity contribution in [2.24, 2.45) is 0 Å². The Morgan fingerprint density at radius 1 is 1.45 bits per heavy atom. The first-order valence-corrected chi connectivity index (χ1v) is 6.77. The lowest BCUT2D eigenvalue weighted by molar-refractivity contribution is 0.0529. The summed E-state index contributed by atoms with van der Waals surface area (Å²) in [6.45, 7) is 5.92. The summed E-state index contributed by atoms with van der Waals surface area (Å²) in [6, 6.07) is 4.93. The Balaban J connectivity index is 2.34. The highest BCUT2D eigenvalue weighted by Gasteiger charge is 2.15. The van der Waals surface area contributed by atoms with Crippen LogP contribution in [0, 0.1) is 0 Å². The molecule has 0 heterocycles. The van der Waals surface area contributed by atoms with E-state index in [1.54, 1.807) is 18.2 Å². The largest absolute Gasteiger partial charge is 0.507 e. The number of benzene rings is 1. The Morgan fingerprint density at radius 3 is 2.75 bits per heavy atom. The second-order valence-electron chi connectivity index (χ2n) is 5.32. The van der Waals surface area contributed by atoms with Crippen LogP contribution in [0.15, 0.2) is 24.3 Å². The minimum absolute atomic E-state index is 0.133. The van der Waals surface area contributed by atoms with Gasteiger partial charge in [-0.1, -0.05) is 23.8 Å². The van der Waals surface area contributed by atoms with Crippen LogP contribution in [0.3, 0.4) is 0 Å². The number of hydrogen-bond donors (Lipinski definition) is 2. The summed E-state index contributed by atoms with van der Waals surface area (Å²) in [5.74, 6) is 0.133. The van der Waals surface area contributed by atoms with Crippen molar-refractivity contribution >= 4 is 23.8 Å². The molecule has 1 aromatic carbocycles. The van der Waals surface area contributed by atoms with E-state index < -0.39 is 11.7 Å². The third-order valence-electron chi connectivity index (χ3n) is 2.27. The lowest BCUT2D eigenvalue weighted by atomic mass is 10.2. The quantitative estimate of drug-likeness (QED) is 0.827. The molecule has 0 atom stereocenters. The number of phenolic OH excluding ortho intramolecular Hbond substituents is 1. The zero-order valence-corrected chi connectivity index (χ0v) is 12.7. The Morgan fingerprint density at radius 2 is 2.15 bits per heavy atom. The lowest BCUT2D eigenvalue weighted by Gasteiger charge is -2.19. The van der Waals surface area contributed by atoms with Gasteiger partial charge in [0.25, 0.3) is 0 Å². The van der Waals surface area contributed by atoms with Gasteiger partial charge in [-0.25, -0.2) is 4.79 Å². The number of aromatic hydroxyl groups is 1. The predicted octanol–water partition coefficient (Wildman–Crippen LogP) is 3.97. The van der Waals surface area contributed by atoms with E-state index in [1.807, 2.05) is 26.8 Å². The van der Waals surface area contributed by atoms with E-state index in [0.29, 0.717) is 23.6 Å². The Hall–Kier alpha value is -1.68. The van der Waals surface area contributed by atoms with E-state index in [0.717, 1.165) is 0 Å². The molecule has 5 heteroatoms. The number of amides is 1. The minimum Gasteiger partial charge on any atom is -0.507 e. The van der Waals surface area contributed by atoms with Crippen LogP contribution >= 0.6 is 11.6 Å². The fraction of sp³-hybridized carbons (Fsp3) is 0.400. The molecule has 1 rings (SSSR count). The van der Waals surface area contributed by atoms with Crippen LogP contribution in [0.4, 0.5) is 4.79 Å². The molecule has 0 spiro atoms. The standard InChI is InChI=1S/C15H20ClNO3/c1-15(2,3)20-14(19)17-9-5-4-6-11-7-8-12(16)10-13(11)18/h4,6-8,10,18H,5,9H2,1-3H3,(H,17,19). The van der Waals surface area contributed by atoms with E-state index in [-0.39, 0.29) is 5.75 Å². The van der Waals surface area contributed by atoms with Gasteiger partial charge in [0.15, 0.2) is 0 Å². The van der Waals surface area contributed by atoms with E-state index in [2.05, 4.69) is 5.32 Å². The first-order valence-electron chi connectivity index (χ1n) is 6.40. The summed E-state index contributed by atoms with van der Waals surface area (Å²) < 4.78 is 5.11. The highest BCUT2D eigenvalue weighted by atomic mass is 35.5. The number of halogens is 1. The average molecular weight is 298 g/mol. The molecule has 0 aliphatic rings. The highest BCUT2D eigenvalue weighted by Crippen LogP contribution is 2.22. The molecule has 1 amide bonds. The molecule has 110 valence electrons. The summed E-state index contributed by atoms with van der Waals surface area (Å²) in [4.78, 5) is 11.4. The van der Waals surface area contributed by atoms with Crippen LogP contribution in [0.1, 0.15) is 32.8 Å². The summed E-state index contributed by atoms with van der Waals surface area (Å²) in [7, 11) is 0. The smallest absolute Gasteiger partial charge is 0.407 e. The van der Waals surface area contributed by atoms with Crippen molar-refractivity contribution in [1.29, 1.82) is 0 Å². The predicted molar refractivity (Wildman–Crippen MR) is 81.0 cm³/mol. The molecule has 0 aromatic heterocycles. The maximum atomic E-state index is 11.4. The summed E-state index contributed by atoms with van der Waals surface area (Å²) in [5.41, 5.74) is 0.196. The van der Waals surface area contributed by atoms with Gasteiger partial charge in [0.2, 0.25) is 0 Å². The normalized spacial score (nSPS) is 11.6. The number of hydrogen-bond acceptors (Lipinski definition) is 3. The van der Waals surface area contributed by atoms with Gasteiger partial charge in [-0.05, 0) is 45.4 Å². The van der Waals surface area contributed by atoms with Gasteiger partial charge in [-0.2, -0.15) is 0 Å². The zero-order valence-electron chi connectivity index (χ0n) is 11.9. The summed E-state index contributed by atoms with van der Waals surface area (Å²) in [5, 5.41) is 12.8. The third kappa shape index (κ3) is 6.48. The van der Waals surface area contributed by atoms with Gasteiger partial charge >= 0.3 is 6.09 Å². The van der Waals surface area contributed by atoms with E-state index in [1.165, 1.54) is 6.07 Å². The first-order chi connectivity index (χ1) is 9.28. The second kappa shape index (κ2) is 7.20. The van der Waals surface area contributed by atoms with Gasteiger partial charge < -0.3 is 15.2 Å². The molecule has 0 fully saturated rings. The van der Waals surface area contributed by atoms with E-state index in [4.69, 9.17) is 16.3 Å². The average Bonchev–Trinajstić information content (AvgIpc) is 2.28. The van der Waals surface area contributed by atoms with Gasteiger partial charge in [0, 0.05) is 17.1 Å². The number of phenols is 1. The highest BCUT2D eigenvalue weighted by molar-refractivity contribution is 6.30. The van der Waals surface area contributed by atoms with Gasteiger partial charge in [0.1, 0.15) is 11.4 Å². The van der Waals surface area contributed by atoms with Crippen molar-refractivity contribution in [1.82, 2.24) is 5.32 Å². The summed E-state index contributed by atoms with van der Waals surface area (Å²) >= 11 is 5.74. The van der Waals surface area contributed by atoms with Crippen molar-refractivity contribution < 1.29 is 14.6 Å². The third-order valence-corrected chi connectivity index (χ3v) is 2.50. The van der Waals surface area contributed by atoms with Crippen LogP contribution in [-0.2, 0) is 4.74 Å². The molecule has 0 saturated carbocycles. The Kier molecular flexibility index (Phi) is 5.89. The molecule has 2 N–H and O–H groups in total. The zero-order chi connectivity index (χ0) is 15.2. The number of nitrogens with one attached hydrogen (secondary N) is 1. The van der Waals surface area contributed by atoms with E-state index in [9.17, 15) is 9.90 Å². The molecule has 0 aliphatic heterocycles. The maximum absolute atomic E-state index is 11.4. The molecule has 0 saturated heterocycles. The second-order valence-corrected chi connectivity index (χ2v) is 5.76.